The smallest absolute Gasteiger partial charge is 0.158 e. The summed E-state index contributed by atoms with van der Waals surface area (Å²) in [6.45, 7) is 0. The van der Waals surface area contributed by atoms with Gasteiger partial charge in [0.1, 0.15) is 6.17 Å². The van der Waals surface area contributed by atoms with Crippen LogP contribution in [-0.4, -0.2) is 11.1 Å². The second-order valence-corrected chi connectivity index (χ2v) is 4.93. The van der Waals surface area contributed by atoms with Gasteiger partial charge in [0.05, 0.1) is 5.69 Å². The Bertz CT molecular complexity index is 594. The highest BCUT2D eigenvalue weighted by Crippen LogP contribution is 2.42. The van der Waals surface area contributed by atoms with E-state index in [4.69, 9.17) is 0 Å². The minimum absolute atomic E-state index is 0.360. The Morgan fingerprint density at radius 1 is 1.17 bits per heavy atom. The molecule has 2 aliphatic heterocycles. The second-order valence-electron chi connectivity index (χ2n) is 4.93. The molecule has 1 aromatic heterocycles. The molecule has 1 aromatic carbocycles. The quantitative estimate of drug-likeness (QED) is 0.762. The number of pyridine rings is 1. The van der Waals surface area contributed by atoms with Crippen LogP contribution in [0.3, 0.4) is 0 Å². The highest BCUT2D eigenvalue weighted by molar-refractivity contribution is 5.80. The lowest BCUT2D eigenvalue weighted by Crippen LogP contribution is -2.31. The zero-order chi connectivity index (χ0) is 11.9. The van der Waals surface area contributed by atoms with Crippen molar-refractivity contribution < 1.29 is 0 Å². The third-order valence-electron chi connectivity index (χ3n) is 3.82. The molecule has 4 rings (SSSR count). The molecule has 0 aliphatic carbocycles. The summed E-state index contributed by atoms with van der Waals surface area (Å²) in [5.41, 5.74) is 3.89. The summed E-state index contributed by atoms with van der Waals surface area (Å²) in [7, 11) is 0. The van der Waals surface area contributed by atoms with Gasteiger partial charge in [-0.3, -0.25) is 0 Å². The van der Waals surface area contributed by atoms with Crippen LogP contribution in [0.25, 0.3) is 0 Å². The van der Waals surface area contributed by atoms with E-state index in [0.717, 1.165) is 24.3 Å². The van der Waals surface area contributed by atoms with E-state index in [1.165, 1.54) is 17.7 Å². The first-order valence-electron chi connectivity index (χ1n) is 6.52. The zero-order valence-corrected chi connectivity index (χ0v) is 10.1. The van der Waals surface area contributed by atoms with Gasteiger partial charge in [0.25, 0.3) is 0 Å². The van der Waals surface area contributed by atoms with E-state index in [2.05, 4.69) is 45.5 Å². The molecular formula is C15H15N3. The van der Waals surface area contributed by atoms with Crippen LogP contribution in [0.5, 0.6) is 0 Å². The van der Waals surface area contributed by atoms with Gasteiger partial charge in [-0.1, -0.05) is 18.2 Å². The molecule has 2 aliphatic rings. The Morgan fingerprint density at radius 3 is 3.11 bits per heavy atom. The molecule has 0 bridgehead atoms. The average molecular weight is 237 g/mol. The molecule has 18 heavy (non-hydrogen) atoms. The third kappa shape index (κ3) is 1.33. The standard InChI is InChI=1S/C15H15N3/c1-2-8-13-11(5-1)6-3-9-14-17-12-7-4-10-16-15(12)18(13)14/h1-2,4-5,7-8,10,14,17H,3,6,9H2. The number of hydrogen-bond acceptors (Lipinski definition) is 3. The maximum Gasteiger partial charge on any atom is 0.158 e. The Morgan fingerprint density at radius 2 is 2.11 bits per heavy atom. The predicted octanol–water partition coefficient (Wildman–Crippen LogP) is 3.31. The molecule has 2 aromatic rings. The first kappa shape index (κ1) is 9.95. The number of benzene rings is 1. The monoisotopic (exact) mass is 237 g/mol. The van der Waals surface area contributed by atoms with Crippen LogP contribution in [0.15, 0.2) is 42.6 Å². The van der Waals surface area contributed by atoms with Gasteiger partial charge in [-0.05, 0) is 43.0 Å². The van der Waals surface area contributed by atoms with Crippen molar-refractivity contribution in [1.82, 2.24) is 4.98 Å². The Labute approximate surface area is 106 Å². The first-order valence-corrected chi connectivity index (χ1v) is 6.52. The van der Waals surface area contributed by atoms with Gasteiger partial charge in [-0.15, -0.1) is 0 Å². The van der Waals surface area contributed by atoms with Crippen molar-refractivity contribution in [3.8, 4) is 0 Å². The van der Waals surface area contributed by atoms with E-state index in [1.807, 2.05) is 12.3 Å². The summed E-state index contributed by atoms with van der Waals surface area (Å²) < 4.78 is 0. The maximum absolute atomic E-state index is 4.55. The second kappa shape index (κ2) is 3.73. The van der Waals surface area contributed by atoms with E-state index in [9.17, 15) is 0 Å². The number of anilines is 3. The molecular weight excluding hydrogens is 222 g/mol. The van der Waals surface area contributed by atoms with E-state index in [1.54, 1.807) is 0 Å². The molecule has 3 nitrogen and oxygen atoms in total. The van der Waals surface area contributed by atoms with E-state index < -0.39 is 0 Å². The number of hydrogen-bond donors (Lipinski definition) is 1. The van der Waals surface area contributed by atoms with Crippen molar-refractivity contribution in [1.29, 1.82) is 0 Å². The Hall–Kier alpha value is -2.03. The van der Waals surface area contributed by atoms with Crippen molar-refractivity contribution in [2.75, 3.05) is 10.2 Å². The molecule has 0 fully saturated rings. The van der Waals surface area contributed by atoms with Crippen molar-refractivity contribution in [2.24, 2.45) is 0 Å². The van der Waals surface area contributed by atoms with Crippen LogP contribution < -0.4 is 10.2 Å². The van der Waals surface area contributed by atoms with Crippen LogP contribution in [0.4, 0.5) is 17.2 Å². The summed E-state index contributed by atoms with van der Waals surface area (Å²) in [5, 5.41) is 3.58. The lowest BCUT2D eigenvalue weighted by molar-refractivity contribution is 0.656. The van der Waals surface area contributed by atoms with Gasteiger partial charge >= 0.3 is 0 Å². The molecule has 3 heteroatoms. The van der Waals surface area contributed by atoms with Gasteiger partial charge in [-0.2, -0.15) is 0 Å². The van der Waals surface area contributed by atoms with Crippen molar-refractivity contribution in [2.45, 2.75) is 25.4 Å². The topological polar surface area (TPSA) is 28.2 Å². The van der Waals surface area contributed by atoms with Crippen LogP contribution in [-0.2, 0) is 6.42 Å². The number of aryl methyl sites for hydroxylation is 1. The third-order valence-corrected chi connectivity index (χ3v) is 3.82. The predicted molar refractivity (Wildman–Crippen MR) is 73.2 cm³/mol. The van der Waals surface area contributed by atoms with Gasteiger partial charge in [0.2, 0.25) is 0 Å². The number of para-hydroxylation sites is 1. The molecule has 0 saturated carbocycles. The molecule has 90 valence electrons. The van der Waals surface area contributed by atoms with Gasteiger partial charge in [0.15, 0.2) is 5.82 Å². The largest absolute Gasteiger partial charge is 0.362 e. The molecule has 1 atom stereocenters. The highest BCUT2D eigenvalue weighted by atomic mass is 15.4. The fourth-order valence-corrected chi connectivity index (χ4v) is 3.02. The fourth-order valence-electron chi connectivity index (χ4n) is 3.02. The lowest BCUT2D eigenvalue weighted by Gasteiger charge is -2.25. The summed E-state index contributed by atoms with van der Waals surface area (Å²) in [4.78, 5) is 6.91. The van der Waals surface area contributed by atoms with Crippen LogP contribution >= 0.6 is 0 Å². The molecule has 1 unspecified atom stereocenters. The van der Waals surface area contributed by atoms with Crippen LogP contribution in [0.2, 0.25) is 0 Å². The normalized spacial score (nSPS) is 20.4. The summed E-state index contributed by atoms with van der Waals surface area (Å²) in [6, 6.07) is 12.8. The average Bonchev–Trinajstić information content (AvgIpc) is 2.68. The Balaban J connectivity index is 1.91. The number of aromatic nitrogens is 1. The van der Waals surface area contributed by atoms with E-state index >= 15 is 0 Å². The number of nitrogens with zero attached hydrogens (tertiary/aromatic N) is 2. The van der Waals surface area contributed by atoms with Gasteiger partial charge in [-0.25, -0.2) is 4.98 Å². The van der Waals surface area contributed by atoms with Crippen molar-refractivity contribution in [3.63, 3.8) is 0 Å². The number of nitrogens with one attached hydrogen (secondary N) is 1. The van der Waals surface area contributed by atoms with E-state index in [0.29, 0.717) is 6.17 Å². The van der Waals surface area contributed by atoms with Gasteiger partial charge < -0.3 is 10.2 Å². The minimum Gasteiger partial charge on any atom is -0.362 e. The highest BCUT2D eigenvalue weighted by Gasteiger charge is 2.33. The summed E-state index contributed by atoms with van der Waals surface area (Å²) in [5.74, 6) is 1.07. The molecule has 1 N–H and O–H groups in total. The Kier molecular flexibility index (Phi) is 2.06. The van der Waals surface area contributed by atoms with Crippen LogP contribution in [0.1, 0.15) is 18.4 Å². The molecule has 0 amide bonds. The minimum atomic E-state index is 0.360. The molecule has 0 spiro atoms. The van der Waals surface area contributed by atoms with E-state index in [-0.39, 0.29) is 0 Å². The summed E-state index contributed by atoms with van der Waals surface area (Å²) in [6.07, 6.45) is 5.77. The number of fused-ring (bicyclic) bond motifs is 5. The molecule has 0 saturated heterocycles. The lowest BCUT2D eigenvalue weighted by atomic mass is 10.1. The molecule has 3 heterocycles. The zero-order valence-electron chi connectivity index (χ0n) is 10.1. The first-order chi connectivity index (χ1) is 8.93. The van der Waals surface area contributed by atoms with Crippen molar-refractivity contribution in [3.05, 3.63) is 48.2 Å². The molecule has 0 radical (unpaired) electrons. The number of rotatable bonds is 0. The van der Waals surface area contributed by atoms with Crippen molar-refractivity contribution >= 4 is 17.2 Å². The fraction of sp³-hybridized carbons (Fsp3) is 0.267. The summed E-state index contributed by atoms with van der Waals surface area (Å²) >= 11 is 0. The maximum atomic E-state index is 4.55. The van der Waals surface area contributed by atoms with Gasteiger partial charge in [0, 0.05) is 11.9 Å². The van der Waals surface area contributed by atoms with Crippen LogP contribution in [0, 0.1) is 0 Å². The SMILES string of the molecule is c1ccc2c(c1)CCCC1Nc3cccnc3N21.